The van der Waals surface area contributed by atoms with Gasteiger partial charge in [0.2, 0.25) is 5.91 Å². The molecule has 2 aromatic rings. The Balaban J connectivity index is 1.94. The predicted octanol–water partition coefficient (Wildman–Crippen LogP) is 3.57. The number of hydrogen-bond acceptors (Lipinski definition) is 3. The third-order valence-electron chi connectivity index (χ3n) is 2.78. The number of benzene rings is 2. The summed E-state index contributed by atoms with van der Waals surface area (Å²) in [5, 5.41) is 4.56. The van der Waals surface area contributed by atoms with Gasteiger partial charge in [0.05, 0.1) is 12.2 Å². The molecule has 2 N–H and O–H groups in total. The summed E-state index contributed by atoms with van der Waals surface area (Å²) in [4.78, 5) is 11.4. The van der Waals surface area contributed by atoms with Crippen LogP contribution in [0.2, 0.25) is 0 Å². The largest absolute Gasteiger partial charge is 0.455 e. The first kappa shape index (κ1) is 16.7. The van der Waals surface area contributed by atoms with Gasteiger partial charge in [-0.1, -0.05) is 30.3 Å². The molecule has 0 aliphatic carbocycles. The molecule has 0 aromatic heterocycles. The first-order valence-corrected chi connectivity index (χ1v) is 6.83. The summed E-state index contributed by atoms with van der Waals surface area (Å²) in [7, 11) is 0. The summed E-state index contributed by atoms with van der Waals surface area (Å²) in [6, 6.07) is 15.9. The van der Waals surface area contributed by atoms with Crippen LogP contribution in [0.3, 0.4) is 0 Å². The zero-order valence-electron chi connectivity index (χ0n) is 12.1. The van der Waals surface area contributed by atoms with Crippen molar-refractivity contribution in [1.82, 2.24) is 5.32 Å². The summed E-state index contributed by atoms with van der Waals surface area (Å²) in [6.45, 7) is -1.64. The van der Waals surface area contributed by atoms with Crippen molar-refractivity contribution in [3.63, 3.8) is 0 Å². The van der Waals surface area contributed by atoms with E-state index in [1.807, 2.05) is 18.2 Å². The van der Waals surface area contributed by atoms with Crippen LogP contribution in [0.4, 0.5) is 18.9 Å². The molecule has 1 amide bonds. The van der Waals surface area contributed by atoms with Crippen LogP contribution in [0.5, 0.6) is 11.5 Å². The summed E-state index contributed by atoms with van der Waals surface area (Å²) in [5.74, 6) is 0.336. The minimum atomic E-state index is -4.43. The van der Waals surface area contributed by atoms with Crippen molar-refractivity contribution < 1.29 is 22.7 Å². The van der Waals surface area contributed by atoms with E-state index in [-0.39, 0.29) is 6.54 Å². The van der Waals surface area contributed by atoms with E-state index >= 15 is 0 Å². The molecule has 0 bridgehead atoms. The van der Waals surface area contributed by atoms with Gasteiger partial charge < -0.3 is 15.4 Å². The second-order valence-corrected chi connectivity index (χ2v) is 4.66. The monoisotopic (exact) mass is 324 g/mol. The number of ether oxygens (including phenoxy) is 1. The van der Waals surface area contributed by atoms with Crippen molar-refractivity contribution in [3.8, 4) is 11.5 Å². The Kier molecular flexibility index (Phi) is 5.46. The van der Waals surface area contributed by atoms with Crippen LogP contribution >= 0.6 is 0 Å². The second-order valence-electron chi connectivity index (χ2n) is 4.66. The number of carbonyl (C=O) groups excluding carboxylic acids is 1. The summed E-state index contributed by atoms with van der Waals surface area (Å²) < 4.78 is 41.8. The van der Waals surface area contributed by atoms with Gasteiger partial charge in [0.1, 0.15) is 12.3 Å². The quantitative estimate of drug-likeness (QED) is 0.854. The molecule has 0 saturated heterocycles. The lowest BCUT2D eigenvalue weighted by Crippen LogP contribution is -2.37. The van der Waals surface area contributed by atoms with Gasteiger partial charge in [0, 0.05) is 0 Å². The molecular weight excluding hydrogens is 309 g/mol. The maximum Gasteiger partial charge on any atom is 0.405 e. The highest BCUT2D eigenvalue weighted by Gasteiger charge is 2.27. The molecule has 0 spiro atoms. The van der Waals surface area contributed by atoms with E-state index in [2.05, 4.69) is 5.32 Å². The molecule has 0 radical (unpaired) electrons. The van der Waals surface area contributed by atoms with Gasteiger partial charge in [0.25, 0.3) is 0 Å². The Labute approximate surface area is 131 Å². The van der Waals surface area contributed by atoms with Gasteiger partial charge in [-0.3, -0.25) is 4.79 Å². The number of rotatable bonds is 6. The highest BCUT2D eigenvalue weighted by molar-refractivity contribution is 5.81. The van der Waals surface area contributed by atoms with Crippen molar-refractivity contribution in [1.29, 1.82) is 0 Å². The fraction of sp³-hybridized carbons (Fsp3) is 0.188. The Hall–Kier alpha value is -2.70. The van der Waals surface area contributed by atoms with Gasteiger partial charge in [-0.05, 0) is 24.3 Å². The van der Waals surface area contributed by atoms with Crippen molar-refractivity contribution in [2.45, 2.75) is 6.18 Å². The molecule has 23 heavy (non-hydrogen) atoms. The number of anilines is 1. The molecule has 0 fully saturated rings. The molecular formula is C16H15F3N2O2. The van der Waals surface area contributed by atoms with E-state index in [1.165, 1.54) is 0 Å². The van der Waals surface area contributed by atoms with E-state index in [4.69, 9.17) is 4.74 Å². The lowest BCUT2D eigenvalue weighted by molar-refractivity contribution is -0.137. The van der Waals surface area contributed by atoms with Crippen molar-refractivity contribution >= 4 is 11.6 Å². The standard InChI is InChI=1S/C16H15F3N2O2/c17-16(18,19)11-21-15(22)10-20-13-8-4-5-9-14(13)23-12-6-2-1-3-7-12/h1-9,20H,10-11H2,(H,21,22). The number of nitrogens with one attached hydrogen (secondary N) is 2. The van der Waals surface area contributed by atoms with Crippen molar-refractivity contribution in [3.05, 3.63) is 54.6 Å². The average molecular weight is 324 g/mol. The molecule has 2 rings (SSSR count). The van der Waals surface area contributed by atoms with Gasteiger partial charge >= 0.3 is 6.18 Å². The average Bonchev–Trinajstić information content (AvgIpc) is 2.52. The molecule has 4 nitrogen and oxygen atoms in total. The van der Waals surface area contributed by atoms with E-state index in [0.29, 0.717) is 17.2 Å². The summed E-state index contributed by atoms with van der Waals surface area (Å²) in [5.41, 5.74) is 0.513. The number of amides is 1. The lowest BCUT2D eigenvalue weighted by atomic mass is 10.3. The first-order chi connectivity index (χ1) is 10.9. The van der Waals surface area contributed by atoms with Crippen molar-refractivity contribution in [2.24, 2.45) is 0 Å². The van der Waals surface area contributed by atoms with Gasteiger partial charge in [-0.25, -0.2) is 0 Å². The SMILES string of the molecule is O=C(CNc1ccccc1Oc1ccccc1)NCC(F)(F)F. The fourth-order valence-corrected chi connectivity index (χ4v) is 1.75. The molecule has 0 unspecified atom stereocenters. The predicted molar refractivity (Wildman–Crippen MR) is 80.5 cm³/mol. The molecule has 0 aliphatic heterocycles. The molecule has 0 heterocycles. The molecule has 122 valence electrons. The number of para-hydroxylation sites is 3. The van der Waals surface area contributed by atoms with Crippen LogP contribution in [-0.4, -0.2) is 25.2 Å². The van der Waals surface area contributed by atoms with Crippen LogP contribution < -0.4 is 15.4 Å². The first-order valence-electron chi connectivity index (χ1n) is 6.83. The summed E-state index contributed by atoms with van der Waals surface area (Å²) in [6.07, 6.45) is -4.43. The third kappa shape index (κ3) is 5.90. The van der Waals surface area contributed by atoms with E-state index < -0.39 is 18.6 Å². The minimum absolute atomic E-state index is 0.286. The van der Waals surface area contributed by atoms with Crippen LogP contribution in [0.1, 0.15) is 0 Å². The minimum Gasteiger partial charge on any atom is -0.455 e. The van der Waals surface area contributed by atoms with Crippen molar-refractivity contribution in [2.75, 3.05) is 18.4 Å². The van der Waals surface area contributed by atoms with Crippen LogP contribution in [-0.2, 0) is 4.79 Å². The Morgan fingerprint density at radius 1 is 1.00 bits per heavy atom. The maximum absolute atomic E-state index is 12.0. The van der Waals surface area contributed by atoms with Gasteiger partial charge in [-0.15, -0.1) is 0 Å². The number of alkyl halides is 3. The molecule has 7 heteroatoms. The maximum atomic E-state index is 12.0. The Bertz CT molecular complexity index is 645. The zero-order valence-corrected chi connectivity index (χ0v) is 12.1. The highest BCUT2D eigenvalue weighted by Crippen LogP contribution is 2.28. The normalized spacial score (nSPS) is 10.9. The van der Waals surface area contributed by atoms with Crippen LogP contribution in [0.15, 0.2) is 54.6 Å². The number of halogens is 3. The van der Waals surface area contributed by atoms with E-state index in [0.717, 1.165) is 0 Å². The van der Waals surface area contributed by atoms with E-state index in [1.54, 1.807) is 41.7 Å². The lowest BCUT2D eigenvalue weighted by Gasteiger charge is -2.13. The molecule has 0 saturated carbocycles. The van der Waals surface area contributed by atoms with E-state index in [9.17, 15) is 18.0 Å². The number of hydrogen-bond donors (Lipinski definition) is 2. The highest BCUT2D eigenvalue weighted by atomic mass is 19.4. The van der Waals surface area contributed by atoms with Crippen LogP contribution in [0, 0.1) is 0 Å². The van der Waals surface area contributed by atoms with Crippen LogP contribution in [0.25, 0.3) is 0 Å². The number of carbonyl (C=O) groups is 1. The van der Waals surface area contributed by atoms with Gasteiger partial charge in [-0.2, -0.15) is 13.2 Å². The topological polar surface area (TPSA) is 50.4 Å². The molecule has 0 atom stereocenters. The Morgan fingerprint density at radius 2 is 1.65 bits per heavy atom. The molecule has 2 aromatic carbocycles. The fourth-order valence-electron chi connectivity index (χ4n) is 1.75. The molecule has 0 aliphatic rings. The second kappa shape index (κ2) is 7.53. The Morgan fingerprint density at radius 3 is 2.35 bits per heavy atom. The third-order valence-corrected chi connectivity index (χ3v) is 2.78. The summed E-state index contributed by atoms with van der Waals surface area (Å²) >= 11 is 0. The zero-order chi connectivity index (χ0) is 16.7. The van der Waals surface area contributed by atoms with Gasteiger partial charge in [0.15, 0.2) is 5.75 Å². The smallest absolute Gasteiger partial charge is 0.405 e.